The molecule has 1 atom stereocenters. The summed E-state index contributed by atoms with van der Waals surface area (Å²) in [5, 5.41) is 2.70. The summed E-state index contributed by atoms with van der Waals surface area (Å²) in [7, 11) is -7.17. The van der Waals surface area contributed by atoms with Crippen molar-refractivity contribution < 1.29 is 26.4 Å². The van der Waals surface area contributed by atoms with Gasteiger partial charge >= 0.3 is 0 Å². The third kappa shape index (κ3) is 6.74. The fraction of sp³-hybridized carbons (Fsp3) is 0.458. The van der Waals surface area contributed by atoms with Crippen molar-refractivity contribution in [2.24, 2.45) is 0 Å². The number of hydrogen-bond donors (Lipinski definition) is 1. The highest BCUT2D eigenvalue weighted by atomic mass is 32.2. The lowest BCUT2D eigenvalue weighted by Gasteiger charge is -2.28. The number of carbonyl (C=O) groups excluding carboxylic acids is 1. The van der Waals surface area contributed by atoms with Gasteiger partial charge in [0.05, 0.1) is 23.4 Å². The summed E-state index contributed by atoms with van der Waals surface area (Å²) in [6, 6.07) is 12.3. The summed E-state index contributed by atoms with van der Waals surface area (Å²) in [5.41, 5.74) is 1.49. The summed E-state index contributed by atoms with van der Waals surface area (Å²) >= 11 is 0. The predicted octanol–water partition coefficient (Wildman–Crippen LogP) is 2.38. The summed E-state index contributed by atoms with van der Waals surface area (Å²) in [5.74, 6) is 0.0205. The van der Waals surface area contributed by atoms with Gasteiger partial charge in [0.25, 0.3) is 0 Å². The Morgan fingerprint density at radius 2 is 1.63 bits per heavy atom. The van der Waals surface area contributed by atoms with Crippen molar-refractivity contribution >= 4 is 31.6 Å². The Labute approximate surface area is 208 Å². The van der Waals surface area contributed by atoms with Gasteiger partial charge in [0.2, 0.25) is 26.0 Å². The zero-order chi connectivity index (χ0) is 25.6. The quantitative estimate of drug-likeness (QED) is 0.453. The molecule has 35 heavy (non-hydrogen) atoms. The number of anilines is 1. The second kappa shape index (κ2) is 11.4. The lowest BCUT2D eigenvalue weighted by Crippen LogP contribution is -2.48. The zero-order valence-electron chi connectivity index (χ0n) is 20.3. The highest BCUT2D eigenvalue weighted by Gasteiger charge is 2.29. The van der Waals surface area contributed by atoms with E-state index in [0.717, 1.165) is 35.4 Å². The van der Waals surface area contributed by atoms with Gasteiger partial charge in [0.15, 0.2) is 0 Å². The van der Waals surface area contributed by atoms with Crippen LogP contribution in [0.15, 0.2) is 53.4 Å². The smallest absolute Gasteiger partial charge is 0.243 e. The molecule has 3 rings (SSSR count). The number of rotatable bonds is 11. The fourth-order valence-corrected chi connectivity index (χ4v) is 6.66. The van der Waals surface area contributed by atoms with Crippen LogP contribution in [0, 0.1) is 0 Å². The molecular formula is C24H33N3O6S2. The number of aryl methyl sites for hydroxylation is 1. The number of ether oxygens (including phenoxy) is 1. The van der Waals surface area contributed by atoms with E-state index >= 15 is 0 Å². The maximum absolute atomic E-state index is 12.7. The van der Waals surface area contributed by atoms with E-state index in [1.54, 1.807) is 24.3 Å². The molecule has 1 aliphatic heterocycles. The molecule has 0 aliphatic carbocycles. The third-order valence-corrected chi connectivity index (χ3v) is 9.04. The average Bonchev–Trinajstić information content (AvgIpc) is 3.38. The van der Waals surface area contributed by atoms with Gasteiger partial charge in [-0.15, -0.1) is 0 Å². The van der Waals surface area contributed by atoms with Crippen LogP contribution < -0.4 is 14.4 Å². The van der Waals surface area contributed by atoms with Crippen LogP contribution in [0.4, 0.5) is 5.69 Å². The first-order valence-corrected chi connectivity index (χ1v) is 14.9. The van der Waals surface area contributed by atoms with Gasteiger partial charge in [-0.1, -0.05) is 19.1 Å². The first-order valence-electron chi connectivity index (χ1n) is 11.6. The lowest BCUT2D eigenvalue weighted by atomic mass is 10.1. The van der Waals surface area contributed by atoms with Gasteiger partial charge in [-0.05, 0) is 68.1 Å². The Hall–Kier alpha value is -2.63. The number of nitrogens with one attached hydrogen (secondary N) is 1. The van der Waals surface area contributed by atoms with Crippen molar-refractivity contribution in [3.63, 3.8) is 0 Å². The number of sulfonamides is 2. The molecule has 192 valence electrons. The van der Waals surface area contributed by atoms with Crippen LogP contribution >= 0.6 is 0 Å². The minimum absolute atomic E-state index is 0.140. The van der Waals surface area contributed by atoms with Crippen LogP contribution in [-0.2, 0) is 31.3 Å². The molecule has 1 saturated heterocycles. The number of carbonyl (C=O) groups is 1. The van der Waals surface area contributed by atoms with Crippen molar-refractivity contribution in [3.05, 3.63) is 54.1 Å². The van der Waals surface area contributed by atoms with Gasteiger partial charge in [0, 0.05) is 13.1 Å². The number of amides is 1. The van der Waals surface area contributed by atoms with Gasteiger partial charge in [-0.2, -0.15) is 4.31 Å². The zero-order valence-corrected chi connectivity index (χ0v) is 21.9. The van der Waals surface area contributed by atoms with Crippen LogP contribution in [0.3, 0.4) is 0 Å². The second-order valence-electron chi connectivity index (χ2n) is 8.48. The molecule has 2 aromatic carbocycles. The normalized spacial score (nSPS) is 15.5. The van der Waals surface area contributed by atoms with Crippen LogP contribution in [0.5, 0.6) is 5.75 Å². The Morgan fingerprint density at radius 3 is 2.17 bits per heavy atom. The molecule has 1 unspecified atom stereocenters. The number of hydrogen-bond acceptors (Lipinski definition) is 6. The minimum atomic E-state index is -3.69. The summed E-state index contributed by atoms with van der Waals surface area (Å²) in [4.78, 5) is 12.9. The topological polar surface area (TPSA) is 113 Å². The van der Waals surface area contributed by atoms with Crippen molar-refractivity contribution in [1.29, 1.82) is 0 Å². The molecule has 0 saturated carbocycles. The van der Waals surface area contributed by atoms with Crippen LogP contribution in [0.25, 0.3) is 0 Å². The fourth-order valence-electron chi connectivity index (χ4n) is 3.96. The average molecular weight is 524 g/mol. The van der Waals surface area contributed by atoms with E-state index < -0.39 is 32.0 Å². The monoisotopic (exact) mass is 523 g/mol. The van der Waals surface area contributed by atoms with Crippen LogP contribution in [0.2, 0.25) is 0 Å². The van der Waals surface area contributed by atoms with Crippen molar-refractivity contribution in [2.45, 2.75) is 44.0 Å². The summed E-state index contributed by atoms with van der Waals surface area (Å²) in [6.45, 7) is 4.92. The Morgan fingerprint density at radius 1 is 1.03 bits per heavy atom. The van der Waals surface area contributed by atoms with E-state index in [1.807, 2.05) is 19.1 Å². The molecule has 0 spiro atoms. The molecule has 1 amide bonds. The maximum atomic E-state index is 12.7. The molecule has 1 aliphatic rings. The molecule has 0 bridgehead atoms. The molecule has 1 fully saturated rings. The molecule has 11 heteroatoms. The lowest BCUT2D eigenvalue weighted by molar-refractivity contribution is -0.121. The highest BCUT2D eigenvalue weighted by Crippen LogP contribution is 2.23. The minimum Gasteiger partial charge on any atom is -0.492 e. The van der Waals surface area contributed by atoms with E-state index in [1.165, 1.54) is 23.4 Å². The maximum Gasteiger partial charge on any atom is 0.243 e. The first-order chi connectivity index (χ1) is 16.5. The molecular weight excluding hydrogens is 490 g/mol. The predicted molar refractivity (Wildman–Crippen MR) is 136 cm³/mol. The van der Waals surface area contributed by atoms with E-state index in [4.69, 9.17) is 4.74 Å². The molecule has 2 aromatic rings. The van der Waals surface area contributed by atoms with E-state index in [9.17, 15) is 21.6 Å². The van der Waals surface area contributed by atoms with Gasteiger partial charge < -0.3 is 10.1 Å². The molecule has 0 radical (unpaired) electrons. The van der Waals surface area contributed by atoms with Crippen LogP contribution in [0.1, 0.15) is 32.3 Å². The molecule has 1 N–H and O–H groups in total. The highest BCUT2D eigenvalue weighted by molar-refractivity contribution is 7.92. The van der Waals surface area contributed by atoms with Crippen molar-refractivity contribution in [1.82, 2.24) is 9.62 Å². The molecule has 0 aromatic heterocycles. The van der Waals surface area contributed by atoms with Crippen LogP contribution in [-0.4, -0.2) is 65.6 Å². The summed E-state index contributed by atoms with van der Waals surface area (Å²) in [6.07, 6.45) is 3.64. The number of benzene rings is 2. The van der Waals surface area contributed by atoms with E-state index in [2.05, 4.69) is 5.32 Å². The van der Waals surface area contributed by atoms with Crippen molar-refractivity contribution in [3.8, 4) is 5.75 Å². The summed E-state index contributed by atoms with van der Waals surface area (Å²) < 4.78 is 58.2. The SMILES string of the molecule is CCc1ccc(N(C(C)C(=O)NCCOc2ccc(S(=O)(=O)N3CCCC3)cc2)S(C)(=O)=O)cc1. The standard InChI is InChI=1S/C24H33N3O6S2/c1-4-20-7-9-21(10-8-20)27(34(3,29)30)19(2)24(28)25-15-18-33-22-11-13-23(14-12-22)35(31,32)26-16-5-6-17-26/h7-14,19H,4-6,15-18H2,1-3H3,(H,25,28). The Balaban J connectivity index is 1.54. The van der Waals surface area contributed by atoms with Gasteiger partial charge in [-0.3, -0.25) is 9.10 Å². The van der Waals surface area contributed by atoms with Gasteiger partial charge in [-0.25, -0.2) is 16.8 Å². The largest absolute Gasteiger partial charge is 0.492 e. The molecule has 9 nitrogen and oxygen atoms in total. The third-order valence-electron chi connectivity index (χ3n) is 5.88. The molecule has 1 heterocycles. The Kier molecular flexibility index (Phi) is 8.79. The second-order valence-corrected chi connectivity index (χ2v) is 12.3. The van der Waals surface area contributed by atoms with E-state index in [0.29, 0.717) is 24.5 Å². The van der Waals surface area contributed by atoms with E-state index in [-0.39, 0.29) is 18.0 Å². The van der Waals surface area contributed by atoms with Gasteiger partial charge in [0.1, 0.15) is 18.4 Å². The number of nitrogens with zero attached hydrogens (tertiary/aromatic N) is 2. The van der Waals surface area contributed by atoms with Crippen molar-refractivity contribution in [2.75, 3.05) is 36.8 Å². The Bertz CT molecular complexity index is 1210. The first kappa shape index (κ1) is 27.0.